The second-order valence-electron chi connectivity index (χ2n) is 7.44. The fraction of sp³-hybridized carbons (Fsp3) is 0.875. The number of amides is 2. The molecule has 1 aliphatic carbocycles. The lowest BCUT2D eigenvalue weighted by molar-refractivity contribution is -0.142. The molecule has 0 bridgehead atoms. The predicted octanol–water partition coefficient (Wildman–Crippen LogP) is 2.71. The number of aliphatic carboxylic acids is 1. The summed E-state index contributed by atoms with van der Waals surface area (Å²) in [6, 6.07) is 0.157. The van der Waals surface area contributed by atoms with E-state index in [0.717, 1.165) is 32.4 Å². The molecule has 21 heavy (non-hydrogen) atoms. The largest absolute Gasteiger partial charge is 0.481 e. The molecular formula is C16H28N2O3. The van der Waals surface area contributed by atoms with E-state index in [4.69, 9.17) is 5.11 Å². The number of hydrogen-bond donors (Lipinski definition) is 2. The van der Waals surface area contributed by atoms with Crippen molar-refractivity contribution >= 4 is 12.0 Å². The summed E-state index contributed by atoms with van der Waals surface area (Å²) in [4.78, 5) is 25.2. The maximum Gasteiger partial charge on any atom is 0.317 e. The van der Waals surface area contributed by atoms with Gasteiger partial charge in [-0.3, -0.25) is 4.79 Å². The quantitative estimate of drug-likeness (QED) is 0.823. The van der Waals surface area contributed by atoms with E-state index in [2.05, 4.69) is 26.1 Å². The lowest BCUT2D eigenvalue weighted by Gasteiger charge is -2.43. The highest BCUT2D eigenvalue weighted by atomic mass is 16.4. The Balaban J connectivity index is 1.81. The number of nitrogens with one attached hydrogen (secondary N) is 1. The highest BCUT2D eigenvalue weighted by Gasteiger charge is 2.35. The monoisotopic (exact) mass is 296 g/mol. The summed E-state index contributed by atoms with van der Waals surface area (Å²) in [6.45, 7) is 8.30. The van der Waals surface area contributed by atoms with Gasteiger partial charge in [-0.1, -0.05) is 20.8 Å². The molecule has 0 spiro atoms. The normalized spacial score (nSPS) is 32.5. The summed E-state index contributed by atoms with van der Waals surface area (Å²) in [6.07, 6.45) is 3.93. The van der Waals surface area contributed by atoms with E-state index in [1.807, 2.05) is 4.90 Å². The van der Waals surface area contributed by atoms with Crippen LogP contribution in [0.1, 0.15) is 52.9 Å². The maximum absolute atomic E-state index is 12.4. The Morgan fingerprint density at radius 1 is 1.14 bits per heavy atom. The van der Waals surface area contributed by atoms with Crippen LogP contribution in [0.15, 0.2) is 0 Å². The first-order valence-electron chi connectivity index (χ1n) is 8.08. The van der Waals surface area contributed by atoms with E-state index in [9.17, 15) is 9.59 Å². The summed E-state index contributed by atoms with van der Waals surface area (Å²) in [5, 5.41) is 12.1. The van der Waals surface area contributed by atoms with Crippen LogP contribution in [0.4, 0.5) is 4.79 Å². The molecule has 0 aromatic rings. The van der Waals surface area contributed by atoms with Crippen LogP contribution in [-0.2, 0) is 4.79 Å². The molecule has 120 valence electrons. The molecule has 2 N–H and O–H groups in total. The van der Waals surface area contributed by atoms with Crippen molar-refractivity contribution in [3.05, 3.63) is 0 Å². The molecule has 0 radical (unpaired) electrons. The Morgan fingerprint density at radius 3 is 2.29 bits per heavy atom. The molecule has 0 aromatic carbocycles. The van der Waals surface area contributed by atoms with Crippen LogP contribution in [0.2, 0.25) is 0 Å². The second-order valence-corrected chi connectivity index (χ2v) is 7.44. The van der Waals surface area contributed by atoms with Crippen LogP contribution in [0.25, 0.3) is 0 Å². The topological polar surface area (TPSA) is 69.6 Å². The zero-order valence-electron chi connectivity index (χ0n) is 13.4. The van der Waals surface area contributed by atoms with Crippen molar-refractivity contribution in [2.75, 3.05) is 13.1 Å². The number of carboxylic acid groups (broad SMARTS) is 1. The van der Waals surface area contributed by atoms with Gasteiger partial charge >= 0.3 is 12.0 Å². The molecule has 1 saturated carbocycles. The molecule has 1 saturated heterocycles. The van der Waals surface area contributed by atoms with Crippen molar-refractivity contribution in [1.82, 2.24) is 10.2 Å². The van der Waals surface area contributed by atoms with Gasteiger partial charge in [-0.2, -0.15) is 0 Å². The zero-order chi connectivity index (χ0) is 15.6. The van der Waals surface area contributed by atoms with E-state index < -0.39 is 5.97 Å². The third kappa shape index (κ3) is 3.89. The van der Waals surface area contributed by atoms with Crippen LogP contribution < -0.4 is 5.32 Å². The highest BCUT2D eigenvalue weighted by Crippen LogP contribution is 2.34. The van der Waals surface area contributed by atoms with Gasteiger partial charge in [0.05, 0.1) is 5.92 Å². The molecule has 0 aromatic heterocycles. The number of rotatable bonds is 2. The smallest absolute Gasteiger partial charge is 0.317 e. The van der Waals surface area contributed by atoms with Crippen molar-refractivity contribution < 1.29 is 14.7 Å². The van der Waals surface area contributed by atoms with Gasteiger partial charge < -0.3 is 15.3 Å². The Morgan fingerprint density at radius 2 is 1.76 bits per heavy atom. The molecule has 2 fully saturated rings. The van der Waals surface area contributed by atoms with E-state index in [-0.39, 0.29) is 23.4 Å². The highest BCUT2D eigenvalue weighted by molar-refractivity contribution is 5.75. The number of carbonyl (C=O) groups excluding carboxylic acids is 1. The minimum atomic E-state index is -0.702. The number of carbonyl (C=O) groups is 2. The first-order valence-corrected chi connectivity index (χ1v) is 8.08. The van der Waals surface area contributed by atoms with Crippen LogP contribution >= 0.6 is 0 Å². The Bertz CT molecular complexity index is 400. The van der Waals surface area contributed by atoms with Gasteiger partial charge in [0.25, 0.3) is 0 Å². The van der Waals surface area contributed by atoms with Gasteiger partial charge in [-0.15, -0.1) is 0 Å². The molecule has 2 rings (SSSR count). The summed E-state index contributed by atoms with van der Waals surface area (Å²) >= 11 is 0. The maximum atomic E-state index is 12.4. The third-order valence-electron chi connectivity index (χ3n) is 5.46. The summed E-state index contributed by atoms with van der Waals surface area (Å²) in [7, 11) is 0. The Kier molecular flexibility index (Phi) is 4.79. The summed E-state index contributed by atoms with van der Waals surface area (Å²) < 4.78 is 0. The van der Waals surface area contributed by atoms with Gasteiger partial charge in [0.15, 0.2) is 0 Å². The van der Waals surface area contributed by atoms with E-state index in [1.165, 1.54) is 0 Å². The first-order chi connectivity index (χ1) is 9.79. The second kappa shape index (κ2) is 6.24. The van der Waals surface area contributed by atoms with Crippen LogP contribution in [0.5, 0.6) is 0 Å². The summed E-state index contributed by atoms with van der Waals surface area (Å²) in [5.74, 6) is -0.299. The lowest BCUT2D eigenvalue weighted by atomic mass is 9.75. The third-order valence-corrected chi connectivity index (χ3v) is 5.46. The number of likely N-dealkylation sites (tertiary alicyclic amines) is 1. The number of nitrogens with zero attached hydrogens (tertiary/aromatic N) is 1. The molecule has 1 aliphatic heterocycles. The number of hydrogen-bond acceptors (Lipinski definition) is 2. The number of urea groups is 1. The van der Waals surface area contributed by atoms with Crippen molar-refractivity contribution in [3.8, 4) is 0 Å². The Hall–Kier alpha value is -1.26. The minimum absolute atomic E-state index is 0.0220. The first kappa shape index (κ1) is 16.1. The minimum Gasteiger partial charge on any atom is -0.481 e. The molecule has 1 atom stereocenters. The van der Waals surface area contributed by atoms with Gasteiger partial charge in [0.2, 0.25) is 0 Å². The van der Waals surface area contributed by atoms with Gasteiger partial charge in [0, 0.05) is 19.1 Å². The van der Waals surface area contributed by atoms with Gasteiger partial charge in [0.1, 0.15) is 0 Å². The molecule has 2 aliphatic rings. The van der Waals surface area contributed by atoms with Crippen LogP contribution in [-0.4, -0.2) is 41.1 Å². The van der Waals surface area contributed by atoms with E-state index in [1.54, 1.807) is 0 Å². The average molecular weight is 296 g/mol. The van der Waals surface area contributed by atoms with Crippen molar-refractivity contribution in [3.63, 3.8) is 0 Å². The van der Waals surface area contributed by atoms with Gasteiger partial charge in [-0.25, -0.2) is 4.79 Å². The van der Waals surface area contributed by atoms with Crippen LogP contribution in [0.3, 0.4) is 0 Å². The molecule has 5 nitrogen and oxygen atoms in total. The number of piperidine rings is 1. The molecule has 1 heterocycles. The van der Waals surface area contributed by atoms with E-state index >= 15 is 0 Å². The fourth-order valence-electron chi connectivity index (χ4n) is 3.39. The standard InChI is InChI=1S/C16H28N2O3/c1-11-8-9-18(10-16(11,2)3)15(21)17-13-6-4-12(5-7-13)14(19)20/h11-13H,4-10H2,1-3H3,(H,17,21)(H,19,20). The van der Waals surface area contributed by atoms with Crippen LogP contribution in [0, 0.1) is 17.3 Å². The lowest BCUT2D eigenvalue weighted by Crippen LogP contribution is -2.53. The SMILES string of the molecule is CC1CCN(C(=O)NC2CCC(C(=O)O)CC2)CC1(C)C. The predicted molar refractivity (Wildman–Crippen MR) is 81.0 cm³/mol. The van der Waals surface area contributed by atoms with Gasteiger partial charge in [-0.05, 0) is 43.4 Å². The van der Waals surface area contributed by atoms with E-state index in [0.29, 0.717) is 18.8 Å². The number of carboxylic acids is 1. The zero-order valence-corrected chi connectivity index (χ0v) is 13.4. The van der Waals surface area contributed by atoms with Crippen molar-refractivity contribution in [2.45, 2.75) is 58.9 Å². The molecule has 2 amide bonds. The summed E-state index contributed by atoms with van der Waals surface area (Å²) in [5.41, 5.74) is 0.163. The fourth-order valence-corrected chi connectivity index (χ4v) is 3.39. The molecular weight excluding hydrogens is 268 g/mol. The molecule has 1 unspecified atom stereocenters. The Labute approximate surface area is 127 Å². The average Bonchev–Trinajstić information content (AvgIpc) is 2.42. The molecule has 5 heteroatoms. The van der Waals surface area contributed by atoms with Crippen molar-refractivity contribution in [1.29, 1.82) is 0 Å². The van der Waals surface area contributed by atoms with Crippen molar-refractivity contribution in [2.24, 2.45) is 17.3 Å².